The van der Waals surface area contributed by atoms with E-state index in [2.05, 4.69) is 10.3 Å². The summed E-state index contributed by atoms with van der Waals surface area (Å²) in [4.78, 5) is 16.0. The van der Waals surface area contributed by atoms with Crippen LogP contribution in [-0.4, -0.2) is 10.9 Å². The molecule has 3 N–H and O–H groups in total. The zero-order valence-electron chi connectivity index (χ0n) is 10.7. The number of anilines is 2. The molecule has 5 heteroatoms. The van der Waals surface area contributed by atoms with Crippen LogP contribution in [0.5, 0.6) is 0 Å². The number of aryl methyl sites for hydroxylation is 2. The number of pyridine rings is 1. The SMILES string of the molecule is Cc1ccc(NC(=O)c2cc(N)ncc2Cl)c(C)c1. The van der Waals surface area contributed by atoms with Gasteiger partial charge in [0.2, 0.25) is 0 Å². The number of benzene rings is 1. The summed E-state index contributed by atoms with van der Waals surface area (Å²) in [7, 11) is 0. The molecule has 0 saturated heterocycles. The third kappa shape index (κ3) is 3.03. The van der Waals surface area contributed by atoms with Crippen molar-refractivity contribution in [1.29, 1.82) is 0 Å². The summed E-state index contributed by atoms with van der Waals surface area (Å²) < 4.78 is 0. The number of carbonyl (C=O) groups is 1. The van der Waals surface area contributed by atoms with Gasteiger partial charge in [-0.05, 0) is 31.5 Å². The Bertz CT molecular complexity index is 641. The lowest BCUT2D eigenvalue weighted by Gasteiger charge is -2.10. The van der Waals surface area contributed by atoms with Crippen molar-refractivity contribution in [3.8, 4) is 0 Å². The van der Waals surface area contributed by atoms with Crippen molar-refractivity contribution in [1.82, 2.24) is 4.98 Å². The van der Waals surface area contributed by atoms with Crippen LogP contribution in [0.4, 0.5) is 11.5 Å². The van der Waals surface area contributed by atoms with Crippen LogP contribution in [0.3, 0.4) is 0 Å². The highest BCUT2D eigenvalue weighted by Crippen LogP contribution is 2.21. The topological polar surface area (TPSA) is 68.0 Å². The summed E-state index contributed by atoms with van der Waals surface area (Å²) in [5.74, 6) is -0.0405. The van der Waals surface area contributed by atoms with Gasteiger partial charge < -0.3 is 11.1 Å². The number of nitrogens with one attached hydrogen (secondary N) is 1. The van der Waals surface area contributed by atoms with Crippen LogP contribution in [0.25, 0.3) is 0 Å². The first kappa shape index (κ1) is 13.4. The number of halogens is 1. The Balaban J connectivity index is 2.28. The third-order valence-electron chi connectivity index (χ3n) is 2.75. The minimum atomic E-state index is -0.300. The zero-order chi connectivity index (χ0) is 14.0. The lowest BCUT2D eigenvalue weighted by atomic mass is 10.1. The summed E-state index contributed by atoms with van der Waals surface area (Å²) in [5.41, 5.74) is 8.76. The maximum absolute atomic E-state index is 12.1. The lowest BCUT2D eigenvalue weighted by molar-refractivity contribution is 0.102. The fourth-order valence-corrected chi connectivity index (χ4v) is 1.96. The molecule has 19 heavy (non-hydrogen) atoms. The van der Waals surface area contributed by atoms with E-state index in [0.29, 0.717) is 5.56 Å². The highest BCUT2D eigenvalue weighted by atomic mass is 35.5. The molecule has 4 nitrogen and oxygen atoms in total. The molecular weight excluding hydrogens is 262 g/mol. The molecule has 0 radical (unpaired) electrons. The van der Waals surface area contributed by atoms with Gasteiger partial charge in [-0.1, -0.05) is 29.3 Å². The molecule has 0 bridgehead atoms. The smallest absolute Gasteiger partial charge is 0.257 e. The number of rotatable bonds is 2. The number of carbonyl (C=O) groups excluding carboxylic acids is 1. The first-order valence-electron chi connectivity index (χ1n) is 5.77. The number of nitrogens with two attached hydrogens (primary N) is 1. The van der Waals surface area contributed by atoms with E-state index in [1.165, 1.54) is 12.3 Å². The molecule has 0 aliphatic carbocycles. The molecule has 1 amide bonds. The second-order valence-corrected chi connectivity index (χ2v) is 4.77. The average Bonchev–Trinajstić information content (AvgIpc) is 2.35. The first-order chi connectivity index (χ1) is 8.97. The van der Waals surface area contributed by atoms with Gasteiger partial charge in [-0.3, -0.25) is 4.79 Å². The molecule has 0 saturated carbocycles. The average molecular weight is 276 g/mol. The van der Waals surface area contributed by atoms with Crippen molar-refractivity contribution >= 4 is 29.0 Å². The molecule has 2 rings (SSSR count). The van der Waals surface area contributed by atoms with Crippen LogP contribution in [0.2, 0.25) is 5.02 Å². The zero-order valence-corrected chi connectivity index (χ0v) is 11.5. The maximum atomic E-state index is 12.1. The van der Waals surface area contributed by atoms with E-state index in [-0.39, 0.29) is 16.7 Å². The van der Waals surface area contributed by atoms with E-state index in [1.54, 1.807) is 0 Å². The van der Waals surface area contributed by atoms with Gasteiger partial charge in [-0.2, -0.15) is 0 Å². The summed E-state index contributed by atoms with van der Waals surface area (Å²) in [5, 5.41) is 3.09. The standard InChI is InChI=1S/C14H14ClN3O/c1-8-3-4-12(9(2)5-8)18-14(19)10-6-13(16)17-7-11(10)15/h3-7H,1-2H3,(H2,16,17)(H,18,19). The number of nitrogens with zero attached hydrogens (tertiary/aromatic N) is 1. The van der Waals surface area contributed by atoms with Gasteiger partial charge >= 0.3 is 0 Å². The van der Waals surface area contributed by atoms with Gasteiger partial charge in [-0.15, -0.1) is 0 Å². The molecular formula is C14H14ClN3O. The van der Waals surface area contributed by atoms with Crippen LogP contribution in [0.1, 0.15) is 21.5 Å². The molecule has 0 fully saturated rings. The molecule has 0 atom stereocenters. The van der Waals surface area contributed by atoms with Gasteiger partial charge in [0, 0.05) is 11.9 Å². The predicted molar refractivity (Wildman–Crippen MR) is 77.5 cm³/mol. The van der Waals surface area contributed by atoms with Gasteiger partial charge in [0.05, 0.1) is 10.6 Å². The summed E-state index contributed by atoms with van der Waals surface area (Å²) >= 11 is 5.94. The van der Waals surface area contributed by atoms with E-state index in [4.69, 9.17) is 17.3 Å². The molecule has 0 aliphatic rings. The normalized spacial score (nSPS) is 10.3. The number of nitrogen functional groups attached to an aromatic ring is 1. The van der Waals surface area contributed by atoms with Crippen LogP contribution in [0.15, 0.2) is 30.5 Å². The third-order valence-corrected chi connectivity index (χ3v) is 3.05. The molecule has 1 aromatic heterocycles. The minimum absolute atomic E-state index is 0.259. The molecule has 1 aromatic carbocycles. The second-order valence-electron chi connectivity index (χ2n) is 4.36. The summed E-state index contributed by atoms with van der Waals surface area (Å²) in [6.07, 6.45) is 1.37. The quantitative estimate of drug-likeness (QED) is 0.884. The van der Waals surface area contributed by atoms with E-state index < -0.39 is 0 Å². The van der Waals surface area contributed by atoms with Crippen molar-refractivity contribution in [3.05, 3.63) is 52.2 Å². The maximum Gasteiger partial charge on any atom is 0.257 e. The van der Waals surface area contributed by atoms with Crippen LogP contribution in [-0.2, 0) is 0 Å². The van der Waals surface area contributed by atoms with Crippen LogP contribution >= 0.6 is 11.6 Å². The highest BCUT2D eigenvalue weighted by molar-refractivity contribution is 6.34. The van der Waals surface area contributed by atoms with E-state index in [9.17, 15) is 4.79 Å². The monoisotopic (exact) mass is 275 g/mol. The van der Waals surface area contributed by atoms with Crippen LogP contribution < -0.4 is 11.1 Å². The van der Waals surface area contributed by atoms with E-state index >= 15 is 0 Å². The Morgan fingerprint density at radius 3 is 2.74 bits per heavy atom. The molecule has 0 unspecified atom stereocenters. The lowest BCUT2D eigenvalue weighted by Crippen LogP contribution is -2.14. The van der Waals surface area contributed by atoms with Crippen molar-refractivity contribution in [2.45, 2.75) is 13.8 Å². The molecule has 98 valence electrons. The minimum Gasteiger partial charge on any atom is -0.384 e. The van der Waals surface area contributed by atoms with Crippen LogP contribution in [0, 0.1) is 13.8 Å². The first-order valence-corrected chi connectivity index (χ1v) is 6.15. The molecule has 1 heterocycles. The van der Waals surface area contributed by atoms with E-state index in [0.717, 1.165) is 16.8 Å². The Labute approximate surface area is 116 Å². The highest BCUT2D eigenvalue weighted by Gasteiger charge is 2.12. The largest absolute Gasteiger partial charge is 0.384 e. The van der Waals surface area contributed by atoms with Crippen molar-refractivity contribution in [3.63, 3.8) is 0 Å². The Hall–Kier alpha value is -2.07. The molecule has 2 aromatic rings. The second kappa shape index (κ2) is 5.28. The number of hydrogen-bond donors (Lipinski definition) is 2. The Kier molecular flexibility index (Phi) is 3.71. The Morgan fingerprint density at radius 1 is 1.32 bits per heavy atom. The summed E-state index contributed by atoms with van der Waals surface area (Å²) in [6, 6.07) is 7.26. The summed E-state index contributed by atoms with van der Waals surface area (Å²) in [6.45, 7) is 3.93. The fraction of sp³-hybridized carbons (Fsp3) is 0.143. The van der Waals surface area contributed by atoms with Gasteiger partial charge in [-0.25, -0.2) is 4.98 Å². The van der Waals surface area contributed by atoms with Crippen molar-refractivity contribution < 1.29 is 4.79 Å². The molecule has 0 aliphatic heterocycles. The van der Waals surface area contributed by atoms with E-state index in [1.807, 2.05) is 32.0 Å². The van der Waals surface area contributed by atoms with Gasteiger partial charge in [0.1, 0.15) is 5.82 Å². The predicted octanol–water partition coefficient (Wildman–Crippen LogP) is 3.19. The fourth-order valence-electron chi connectivity index (χ4n) is 1.77. The van der Waals surface area contributed by atoms with Crippen molar-refractivity contribution in [2.75, 3.05) is 11.1 Å². The van der Waals surface area contributed by atoms with Gasteiger partial charge in [0.25, 0.3) is 5.91 Å². The van der Waals surface area contributed by atoms with Gasteiger partial charge in [0.15, 0.2) is 0 Å². The van der Waals surface area contributed by atoms with Crippen molar-refractivity contribution in [2.24, 2.45) is 0 Å². The Morgan fingerprint density at radius 2 is 2.05 bits per heavy atom. The number of amides is 1. The molecule has 0 spiro atoms. The number of hydrogen-bond acceptors (Lipinski definition) is 3. The number of aromatic nitrogens is 1.